The Hall–Kier alpha value is -3.84. The van der Waals surface area contributed by atoms with Crippen molar-refractivity contribution in [1.82, 2.24) is 0 Å². The second-order valence-electron chi connectivity index (χ2n) is 7.15. The minimum Gasteiger partial charge on any atom is -0.356 e. The van der Waals surface area contributed by atoms with E-state index in [0.29, 0.717) is 0 Å². The predicted octanol–water partition coefficient (Wildman–Crippen LogP) is 7.92. The van der Waals surface area contributed by atoms with Crippen molar-refractivity contribution >= 4 is 22.1 Å². The Kier molecular flexibility index (Phi) is 4.56. The Balaban J connectivity index is 1.65. The molecule has 0 aliphatic heterocycles. The van der Waals surface area contributed by atoms with Crippen LogP contribution in [0.4, 0.5) is 11.4 Å². The van der Waals surface area contributed by atoms with Crippen LogP contribution < -0.4 is 5.32 Å². The van der Waals surface area contributed by atoms with Gasteiger partial charge in [-0.2, -0.15) is 0 Å². The average molecular weight is 371 g/mol. The molecule has 0 atom stereocenters. The number of hydrogen-bond acceptors (Lipinski definition) is 1. The van der Waals surface area contributed by atoms with Crippen LogP contribution in [0.2, 0.25) is 0 Å². The minimum absolute atomic E-state index is 1.09. The molecular formula is C28H21N. The number of nitrogens with one attached hydrogen (secondary N) is 1. The maximum Gasteiger partial charge on any atom is 0.0390 e. The van der Waals surface area contributed by atoms with E-state index < -0.39 is 0 Å². The Morgan fingerprint density at radius 2 is 0.966 bits per heavy atom. The average Bonchev–Trinajstić information content (AvgIpc) is 2.80. The van der Waals surface area contributed by atoms with Crippen molar-refractivity contribution in [1.29, 1.82) is 0 Å². The van der Waals surface area contributed by atoms with Crippen molar-refractivity contribution < 1.29 is 0 Å². The molecule has 0 heterocycles. The third-order valence-electron chi connectivity index (χ3n) is 5.23. The fourth-order valence-corrected chi connectivity index (χ4v) is 3.89. The molecule has 5 aromatic carbocycles. The summed E-state index contributed by atoms with van der Waals surface area (Å²) in [5.41, 5.74) is 7.14. The minimum atomic E-state index is 1.09. The summed E-state index contributed by atoms with van der Waals surface area (Å²) >= 11 is 0. The zero-order chi connectivity index (χ0) is 19.5. The molecule has 0 unspecified atom stereocenters. The van der Waals surface area contributed by atoms with Gasteiger partial charge in [-0.25, -0.2) is 0 Å². The van der Waals surface area contributed by atoms with Gasteiger partial charge in [-0.15, -0.1) is 0 Å². The molecule has 0 aliphatic carbocycles. The number of benzene rings is 5. The van der Waals surface area contributed by atoms with Crippen molar-refractivity contribution in [2.45, 2.75) is 0 Å². The van der Waals surface area contributed by atoms with Gasteiger partial charge in [0.25, 0.3) is 0 Å². The van der Waals surface area contributed by atoms with E-state index in [2.05, 4.69) is 108 Å². The van der Waals surface area contributed by atoms with Gasteiger partial charge in [0.15, 0.2) is 0 Å². The lowest BCUT2D eigenvalue weighted by Gasteiger charge is -2.14. The molecule has 0 spiro atoms. The van der Waals surface area contributed by atoms with E-state index in [9.17, 15) is 0 Å². The molecular weight excluding hydrogens is 350 g/mol. The molecule has 29 heavy (non-hydrogen) atoms. The molecule has 0 fully saturated rings. The molecule has 5 rings (SSSR count). The summed E-state index contributed by atoms with van der Waals surface area (Å²) in [6, 6.07) is 42.6. The van der Waals surface area contributed by atoms with Crippen LogP contribution in [0.1, 0.15) is 0 Å². The van der Waals surface area contributed by atoms with E-state index in [-0.39, 0.29) is 0 Å². The van der Waals surface area contributed by atoms with Crippen molar-refractivity contribution in [2.75, 3.05) is 5.32 Å². The Bertz CT molecular complexity index is 1250. The maximum atomic E-state index is 3.51. The van der Waals surface area contributed by atoms with Crippen LogP contribution >= 0.6 is 0 Å². The largest absolute Gasteiger partial charge is 0.356 e. The summed E-state index contributed by atoms with van der Waals surface area (Å²) < 4.78 is 0. The number of anilines is 2. The molecule has 0 aromatic heterocycles. The SMILES string of the molecule is c1ccc(Nc2cccc(-c3cccc4cccc(-c5ccccc5)c34)c2)cc1. The topological polar surface area (TPSA) is 12.0 Å². The third-order valence-corrected chi connectivity index (χ3v) is 5.23. The first-order valence-corrected chi connectivity index (χ1v) is 9.88. The van der Waals surface area contributed by atoms with Crippen LogP contribution in [0.25, 0.3) is 33.0 Å². The quantitative estimate of drug-likeness (QED) is 0.338. The summed E-state index contributed by atoms with van der Waals surface area (Å²) in [6.45, 7) is 0. The van der Waals surface area contributed by atoms with Gasteiger partial charge in [0, 0.05) is 11.4 Å². The highest BCUT2D eigenvalue weighted by Gasteiger charge is 2.10. The highest BCUT2D eigenvalue weighted by atomic mass is 14.9. The van der Waals surface area contributed by atoms with Gasteiger partial charge >= 0.3 is 0 Å². The molecule has 1 N–H and O–H groups in total. The summed E-state index contributed by atoms with van der Waals surface area (Å²) in [7, 11) is 0. The number of rotatable bonds is 4. The smallest absolute Gasteiger partial charge is 0.0390 e. The maximum absolute atomic E-state index is 3.51. The van der Waals surface area contributed by atoms with E-state index >= 15 is 0 Å². The van der Waals surface area contributed by atoms with Crippen molar-refractivity contribution in [3.8, 4) is 22.3 Å². The Morgan fingerprint density at radius 1 is 0.414 bits per heavy atom. The zero-order valence-corrected chi connectivity index (χ0v) is 16.0. The molecule has 0 saturated heterocycles. The van der Waals surface area contributed by atoms with Gasteiger partial charge in [-0.1, -0.05) is 97.1 Å². The number of para-hydroxylation sites is 1. The Labute approximate surface area is 171 Å². The Morgan fingerprint density at radius 3 is 1.69 bits per heavy atom. The standard InChI is InChI=1S/C28H21N/c1-3-10-21(11-4-1)26-18-8-12-22-13-9-19-27(28(22)26)23-14-7-17-25(20-23)29-24-15-5-2-6-16-24/h1-20,29H. The number of hydrogen-bond donors (Lipinski definition) is 1. The monoisotopic (exact) mass is 371 g/mol. The van der Waals surface area contributed by atoms with Crippen LogP contribution in [0.15, 0.2) is 121 Å². The lowest BCUT2D eigenvalue weighted by molar-refractivity contribution is 1.54. The molecule has 0 amide bonds. The molecule has 5 aromatic rings. The summed E-state index contributed by atoms with van der Waals surface area (Å²) in [4.78, 5) is 0. The van der Waals surface area contributed by atoms with Gasteiger partial charge in [0.05, 0.1) is 0 Å². The first-order valence-electron chi connectivity index (χ1n) is 9.88. The van der Waals surface area contributed by atoms with Gasteiger partial charge < -0.3 is 5.32 Å². The first kappa shape index (κ1) is 17.3. The van der Waals surface area contributed by atoms with Crippen LogP contribution in [0, 0.1) is 0 Å². The summed E-state index contributed by atoms with van der Waals surface area (Å²) in [5.74, 6) is 0. The van der Waals surface area contributed by atoms with Gasteiger partial charge in [0.2, 0.25) is 0 Å². The second-order valence-corrected chi connectivity index (χ2v) is 7.15. The highest BCUT2D eigenvalue weighted by molar-refractivity contribution is 6.06. The molecule has 1 nitrogen and oxygen atoms in total. The summed E-state index contributed by atoms with van der Waals surface area (Å²) in [5, 5.41) is 6.05. The fraction of sp³-hybridized carbons (Fsp3) is 0. The molecule has 0 saturated carbocycles. The van der Waals surface area contributed by atoms with E-state index in [1.807, 2.05) is 18.2 Å². The van der Waals surface area contributed by atoms with Crippen LogP contribution in [0.5, 0.6) is 0 Å². The van der Waals surface area contributed by atoms with Crippen LogP contribution in [0.3, 0.4) is 0 Å². The molecule has 138 valence electrons. The first-order chi connectivity index (χ1) is 14.4. The fourth-order valence-electron chi connectivity index (χ4n) is 3.89. The van der Waals surface area contributed by atoms with Gasteiger partial charge in [0.1, 0.15) is 0 Å². The number of fused-ring (bicyclic) bond motifs is 1. The lowest BCUT2D eigenvalue weighted by Crippen LogP contribution is -1.91. The highest BCUT2D eigenvalue weighted by Crippen LogP contribution is 2.37. The van der Waals surface area contributed by atoms with E-state index in [0.717, 1.165) is 11.4 Å². The lowest BCUT2D eigenvalue weighted by atomic mass is 9.91. The van der Waals surface area contributed by atoms with Crippen LogP contribution in [-0.4, -0.2) is 0 Å². The van der Waals surface area contributed by atoms with E-state index in [4.69, 9.17) is 0 Å². The van der Waals surface area contributed by atoms with E-state index in [1.54, 1.807) is 0 Å². The van der Waals surface area contributed by atoms with Crippen molar-refractivity contribution in [2.24, 2.45) is 0 Å². The second kappa shape index (κ2) is 7.65. The summed E-state index contributed by atoms with van der Waals surface area (Å²) in [6.07, 6.45) is 0. The molecule has 0 bridgehead atoms. The predicted molar refractivity (Wildman–Crippen MR) is 125 cm³/mol. The zero-order valence-electron chi connectivity index (χ0n) is 16.0. The van der Waals surface area contributed by atoms with Crippen molar-refractivity contribution in [3.05, 3.63) is 121 Å². The third kappa shape index (κ3) is 3.51. The van der Waals surface area contributed by atoms with Crippen molar-refractivity contribution in [3.63, 3.8) is 0 Å². The molecule has 1 heteroatoms. The molecule has 0 aliphatic rings. The normalized spacial score (nSPS) is 10.8. The van der Waals surface area contributed by atoms with E-state index in [1.165, 1.54) is 33.0 Å². The molecule has 0 radical (unpaired) electrons. The van der Waals surface area contributed by atoms with Gasteiger partial charge in [-0.05, 0) is 57.3 Å². The van der Waals surface area contributed by atoms with Gasteiger partial charge in [-0.3, -0.25) is 0 Å². The van der Waals surface area contributed by atoms with Crippen LogP contribution in [-0.2, 0) is 0 Å².